The smallest absolute Gasteiger partial charge is 0.306 e. The Hall–Kier alpha value is -1.70. The Morgan fingerprint density at radius 2 is 1.56 bits per heavy atom. The van der Waals surface area contributed by atoms with E-state index in [1.54, 1.807) is 21.3 Å². The fraction of sp³-hybridized carbons (Fsp3) is 0.860. The Kier molecular flexibility index (Phi) is 14.2. The summed E-state index contributed by atoms with van der Waals surface area (Å²) in [4.78, 5) is 30.7. The fourth-order valence-corrected chi connectivity index (χ4v) is 11.0. The maximum absolute atomic E-state index is 14.8. The number of hydrogen-bond donors (Lipinski definition) is 0. The highest BCUT2D eigenvalue weighted by Gasteiger charge is 2.53. The number of esters is 1. The van der Waals surface area contributed by atoms with Gasteiger partial charge in [0.15, 0.2) is 18.4 Å². The average molecular weight is 760 g/mol. The first kappa shape index (κ1) is 41.9. The van der Waals surface area contributed by atoms with Crippen LogP contribution in [0.2, 0.25) is 0 Å². The molecule has 4 fully saturated rings. The number of likely N-dealkylation sites (N-methyl/N-ethyl adjacent to an activating group) is 1. The number of cyclic esters (lactones) is 1. The highest BCUT2D eigenvalue weighted by Crippen LogP contribution is 2.56. The second kappa shape index (κ2) is 18.3. The summed E-state index contributed by atoms with van der Waals surface area (Å²) in [7, 11) is 9.17. The first-order valence-electron chi connectivity index (χ1n) is 20.9. The van der Waals surface area contributed by atoms with Crippen LogP contribution in [0.1, 0.15) is 98.8 Å². The van der Waals surface area contributed by atoms with Gasteiger partial charge in [-0.2, -0.15) is 0 Å². The van der Waals surface area contributed by atoms with Crippen molar-refractivity contribution in [3.05, 3.63) is 23.3 Å². The number of carbonyl (C=O) groups is 2. The number of methoxy groups -OCH3 is 3. The SMILES string of the molecule is CCC[C@H]1CCC[C@H](O[C@H]2CC[C@H](N(C)C)[C@@H](C)O2)[C@@H](C)C(=O)C2=C[C@@H]3[C@@H](C=C(C)[C@@H]4C[C@@H](O[C@@H]5O[C@@H](C)[C@H](OC)[C@@H](OC)[C@H]5OC)C[C@@H]34)[C@@H]2CC(=O)O1. The molecule has 3 aliphatic heterocycles. The molecule has 0 bridgehead atoms. The van der Waals surface area contributed by atoms with Crippen LogP contribution in [0, 0.1) is 35.5 Å². The Balaban J connectivity index is 1.23. The van der Waals surface area contributed by atoms with E-state index in [1.807, 2.05) is 13.8 Å². The predicted octanol–water partition coefficient (Wildman–Crippen LogP) is 6.27. The highest BCUT2D eigenvalue weighted by atomic mass is 16.7. The number of nitrogens with zero attached hydrogens (tertiary/aromatic N) is 1. The maximum atomic E-state index is 14.8. The van der Waals surface area contributed by atoms with E-state index >= 15 is 0 Å². The van der Waals surface area contributed by atoms with E-state index in [4.69, 9.17) is 37.9 Å². The minimum atomic E-state index is -0.599. The number of rotatable bonds is 10. The van der Waals surface area contributed by atoms with Gasteiger partial charge in [0.2, 0.25) is 0 Å². The molecule has 0 radical (unpaired) electrons. The van der Waals surface area contributed by atoms with E-state index in [2.05, 4.69) is 51.9 Å². The van der Waals surface area contributed by atoms with Crippen molar-refractivity contribution in [2.24, 2.45) is 35.5 Å². The third-order valence-electron chi connectivity index (χ3n) is 13.8. The van der Waals surface area contributed by atoms with Crippen LogP contribution in [0.5, 0.6) is 0 Å². The zero-order chi connectivity index (χ0) is 38.8. The Labute approximate surface area is 324 Å². The first-order valence-corrected chi connectivity index (χ1v) is 20.9. The Bertz CT molecular complexity index is 1350. The molecule has 0 unspecified atom stereocenters. The van der Waals surface area contributed by atoms with E-state index < -0.39 is 12.4 Å². The molecule has 0 aromatic heterocycles. The van der Waals surface area contributed by atoms with Crippen LogP contribution in [0.15, 0.2) is 23.3 Å². The van der Waals surface area contributed by atoms with Crippen molar-refractivity contribution in [3.8, 4) is 0 Å². The molecule has 0 amide bonds. The van der Waals surface area contributed by atoms with Gasteiger partial charge in [-0.3, -0.25) is 9.59 Å². The molecule has 306 valence electrons. The topological polar surface area (TPSA) is 111 Å². The van der Waals surface area contributed by atoms with Gasteiger partial charge in [-0.25, -0.2) is 0 Å². The second-order valence-electron chi connectivity index (χ2n) is 17.3. The van der Waals surface area contributed by atoms with Crippen molar-refractivity contribution in [1.29, 1.82) is 0 Å². The van der Waals surface area contributed by atoms with E-state index in [1.165, 1.54) is 5.57 Å². The molecule has 3 heterocycles. The normalized spacial score (nSPS) is 44.7. The lowest BCUT2D eigenvalue weighted by Gasteiger charge is -2.44. The van der Waals surface area contributed by atoms with Crippen molar-refractivity contribution >= 4 is 11.8 Å². The quantitative estimate of drug-likeness (QED) is 0.186. The third-order valence-corrected chi connectivity index (χ3v) is 13.8. The summed E-state index contributed by atoms with van der Waals surface area (Å²) in [5.74, 6) is 0.0205. The number of hydrogen-bond acceptors (Lipinski definition) is 11. The van der Waals surface area contributed by atoms with Crippen LogP contribution in [-0.4, -0.2) is 120 Å². The van der Waals surface area contributed by atoms with E-state index in [0.29, 0.717) is 18.4 Å². The van der Waals surface area contributed by atoms with Gasteiger partial charge in [0.05, 0.1) is 30.8 Å². The number of ether oxygens (including phenoxy) is 8. The molecule has 1 saturated carbocycles. The van der Waals surface area contributed by atoms with Gasteiger partial charge in [0, 0.05) is 39.2 Å². The van der Waals surface area contributed by atoms with E-state index in [0.717, 1.165) is 56.9 Å². The fourth-order valence-electron chi connectivity index (χ4n) is 11.0. The number of allylic oxidation sites excluding steroid dienone is 4. The van der Waals surface area contributed by atoms with E-state index in [9.17, 15) is 9.59 Å². The van der Waals surface area contributed by atoms with E-state index in [-0.39, 0.29) is 96.8 Å². The minimum Gasteiger partial charge on any atom is -0.462 e. The molecule has 11 heteroatoms. The average Bonchev–Trinajstić information content (AvgIpc) is 3.71. The summed E-state index contributed by atoms with van der Waals surface area (Å²) in [5.41, 5.74) is 2.08. The van der Waals surface area contributed by atoms with Crippen molar-refractivity contribution in [1.82, 2.24) is 4.90 Å². The molecule has 3 aliphatic carbocycles. The standard InChI is InChI=1S/C43H69NO10/c1-11-13-27-14-12-15-36(54-38-17-16-35(44(6)7)25(4)50-38)24(3)39(46)34-21-32-30(33(34)22-37(45)52-27)18-23(2)29-19-28(20-31(29)32)53-43-42(49-10)41(48-9)40(47-8)26(5)51-43/h18,21,24-33,35-36,38,40-43H,11-17,19-20,22H2,1-10H3/t24-,25-,26+,27+,28-,29+,30-,31-,32-,33+,35+,36+,38+,40+,41-,42-,43+/m1/s1. The lowest BCUT2D eigenvalue weighted by molar-refractivity contribution is -0.314. The molecule has 0 spiro atoms. The molecule has 3 saturated heterocycles. The number of Topliss-reactive ketones (excluding diaryl/α,β-unsaturated/α-hetero) is 1. The molecule has 6 aliphatic rings. The molecule has 6 rings (SSSR count). The van der Waals surface area contributed by atoms with Crippen LogP contribution >= 0.6 is 0 Å². The van der Waals surface area contributed by atoms with Gasteiger partial charge >= 0.3 is 5.97 Å². The Morgan fingerprint density at radius 3 is 2.22 bits per heavy atom. The molecule has 17 atom stereocenters. The summed E-state index contributed by atoms with van der Waals surface area (Å²) in [5, 5.41) is 0. The third kappa shape index (κ3) is 8.74. The van der Waals surface area contributed by atoms with Crippen LogP contribution in [-0.2, 0) is 47.5 Å². The van der Waals surface area contributed by atoms with Gasteiger partial charge in [0.25, 0.3) is 0 Å². The lowest BCUT2D eigenvalue weighted by atomic mass is 9.67. The maximum Gasteiger partial charge on any atom is 0.306 e. The molecule has 0 aromatic carbocycles. The summed E-state index contributed by atoms with van der Waals surface area (Å²) in [6.45, 7) is 10.5. The molecule has 0 aromatic rings. The molecular weight excluding hydrogens is 690 g/mol. The summed E-state index contributed by atoms with van der Waals surface area (Å²) >= 11 is 0. The summed E-state index contributed by atoms with van der Waals surface area (Å²) in [6, 6.07) is 0.337. The minimum absolute atomic E-state index is 0.0359. The molecule has 11 nitrogen and oxygen atoms in total. The lowest BCUT2D eigenvalue weighted by Crippen LogP contribution is -2.59. The zero-order valence-electron chi connectivity index (χ0n) is 34.6. The Morgan fingerprint density at radius 1 is 0.815 bits per heavy atom. The summed E-state index contributed by atoms with van der Waals surface area (Å²) in [6.07, 6.45) is 9.64. The second-order valence-corrected chi connectivity index (χ2v) is 17.3. The molecule has 0 N–H and O–H groups in total. The number of ketones is 1. The van der Waals surface area contributed by atoms with Gasteiger partial charge in [-0.15, -0.1) is 0 Å². The largest absolute Gasteiger partial charge is 0.462 e. The van der Waals surface area contributed by atoms with Gasteiger partial charge in [-0.1, -0.05) is 38.0 Å². The van der Waals surface area contributed by atoms with Gasteiger partial charge in [-0.05, 0) is 115 Å². The van der Waals surface area contributed by atoms with Crippen LogP contribution < -0.4 is 0 Å². The number of fused-ring (bicyclic) bond motifs is 5. The van der Waals surface area contributed by atoms with Crippen LogP contribution in [0.3, 0.4) is 0 Å². The van der Waals surface area contributed by atoms with Gasteiger partial charge in [0.1, 0.15) is 24.4 Å². The first-order chi connectivity index (χ1) is 25.9. The zero-order valence-corrected chi connectivity index (χ0v) is 34.6. The van der Waals surface area contributed by atoms with Crippen molar-refractivity contribution < 1.29 is 47.5 Å². The summed E-state index contributed by atoms with van der Waals surface area (Å²) < 4.78 is 49.9. The van der Waals surface area contributed by atoms with Crippen LogP contribution in [0.25, 0.3) is 0 Å². The van der Waals surface area contributed by atoms with Crippen molar-refractivity contribution in [2.75, 3.05) is 35.4 Å². The number of carbonyl (C=O) groups excluding carboxylic acids is 2. The highest BCUT2D eigenvalue weighted by molar-refractivity contribution is 5.99. The molecular formula is C43H69NO10. The van der Waals surface area contributed by atoms with Gasteiger partial charge < -0.3 is 42.8 Å². The van der Waals surface area contributed by atoms with Crippen LogP contribution in [0.4, 0.5) is 0 Å². The monoisotopic (exact) mass is 759 g/mol. The van der Waals surface area contributed by atoms with Crippen molar-refractivity contribution in [3.63, 3.8) is 0 Å². The predicted molar refractivity (Wildman–Crippen MR) is 203 cm³/mol. The van der Waals surface area contributed by atoms with Crippen molar-refractivity contribution in [2.45, 2.75) is 166 Å². The molecule has 54 heavy (non-hydrogen) atoms.